The highest BCUT2D eigenvalue weighted by atomic mass is 15.4. The van der Waals surface area contributed by atoms with Gasteiger partial charge in [-0.1, -0.05) is 60.7 Å². The summed E-state index contributed by atoms with van der Waals surface area (Å²) in [5.41, 5.74) is 3.84. The van der Waals surface area contributed by atoms with Crippen molar-refractivity contribution in [2.75, 3.05) is 5.01 Å². The molecule has 116 valence electrons. The topological polar surface area (TPSA) is 39.4 Å². The highest BCUT2D eigenvalue weighted by Crippen LogP contribution is 2.17. The lowest BCUT2D eigenvalue weighted by atomic mass is 10.2. The molecule has 0 radical (unpaired) electrons. The highest BCUT2D eigenvalue weighted by Gasteiger charge is 2.05. The minimum atomic E-state index is 0.649. The summed E-state index contributed by atoms with van der Waals surface area (Å²) in [4.78, 5) is 0. The standard InChI is InChI=1S/C21H17N3/c22-15-18-11-13-19(14-12-18)16-23-24(21-9-5-2-6-10-21)17-20-7-3-1-4-8-20/h1-14,16H,17H2. The maximum absolute atomic E-state index is 8.87. The van der Waals surface area contributed by atoms with E-state index >= 15 is 0 Å². The summed E-state index contributed by atoms with van der Waals surface area (Å²) in [6.45, 7) is 0.692. The number of hydrazone groups is 1. The second-order valence-electron chi connectivity index (χ2n) is 5.36. The van der Waals surface area contributed by atoms with Crippen LogP contribution in [0.3, 0.4) is 0 Å². The van der Waals surface area contributed by atoms with E-state index in [0.29, 0.717) is 12.1 Å². The number of rotatable bonds is 5. The van der Waals surface area contributed by atoms with Crippen LogP contribution in [0.2, 0.25) is 0 Å². The average Bonchev–Trinajstić information content (AvgIpc) is 2.67. The van der Waals surface area contributed by atoms with Crippen molar-refractivity contribution in [3.8, 4) is 6.07 Å². The Morgan fingerprint density at radius 2 is 1.46 bits per heavy atom. The second-order valence-corrected chi connectivity index (χ2v) is 5.36. The molecule has 3 heteroatoms. The van der Waals surface area contributed by atoms with Crippen LogP contribution in [0, 0.1) is 11.3 Å². The Hall–Kier alpha value is -3.38. The molecule has 0 aliphatic heterocycles. The van der Waals surface area contributed by atoms with Gasteiger partial charge in [0.05, 0.1) is 30.1 Å². The third-order valence-electron chi connectivity index (χ3n) is 3.62. The van der Waals surface area contributed by atoms with E-state index in [2.05, 4.69) is 23.3 Å². The Morgan fingerprint density at radius 3 is 2.08 bits per heavy atom. The number of hydrogen-bond acceptors (Lipinski definition) is 3. The molecular weight excluding hydrogens is 294 g/mol. The Balaban J connectivity index is 1.84. The minimum absolute atomic E-state index is 0.649. The Kier molecular flexibility index (Phi) is 5.01. The summed E-state index contributed by atoms with van der Waals surface area (Å²) in [6.07, 6.45) is 1.82. The van der Waals surface area contributed by atoms with Gasteiger partial charge in [0.1, 0.15) is 0 Å². The van der Waals surface area contributed by atoms with Crippen LogP contribution in [0.5, 0.6) is 0 Å². The lowest BCUT2D eigenvalue weighted by Gasteiger charge is -2.19. The van der Waals surface area contributed by atoms with Gasteiger partial charge in [-0.3, -0.25) is 5.01 Å². The lowest BCUT2D eigenvalue weighted by Crippen LogP contribution is -2.15. The molecular formula is C21H17N3. The predicted molar refractivity (Wildman–Crippen MR) is 97.8 cm³/mol. The molecule has 24 heavy (non-hydrogen) atoms. The summed E-state index contributed by atoms with van der Waals surface area (Å²) in [5, 5.41) is 15.5. The van der Waals surface area contributed by atoms with Gasteiger partial charge in [-0.2, -0.15) is 10.4 Å². The zero-order chi connectivity index (χ0) is 16.6. The molecule has 0 aromatic heterocycles. The van der Waals surface area contributed by atoms with E-state index in [4.69, 9.17) is 5.26 Å². The minimum Gasteiger partial charge on any atom is -0.261 e. The van der Waals surface area contributed by atoms with Gasteiger partial charge >= 0.3 is 0 Å². The lowest BCUT2D eigenvalue weighted by molar-refractivity contribution is 0.858. The molecule has 0 spiro atoms. The third kappa shape index (κ3) is 4.08. The number of hydrogen-bond donors (Lipinski definition) is 0. The summed E-state index contributed by atoms with van der Waals surface area (Å²) >= 11 is 0. The number of benzene rings is 3. The molecule has 0 fully saturated rings. The number of nitriles is 1. The SMILES string of the molecule is N#Cc1ccc(C=NN(Cc2ccccc2)c2ccccc2)cc1. The van der Waals surface area contributed by atoms with Crippen LogP contribution in [0.15, 0.2) is 90.0 Å². The molecule has 0 saturated heterocycles. The predicted octanol–water partition coefficient (Wildman–Crippen LogP) is 4.60. The maximum Gasteiger partial charge on any atom is 0.0991 e. The van der Waals surface area contributed by atoms with E-state index in [-0.39, 0.29) is 0 Å². The first-order chi connectivity index (χ1) is 11.8. The first kappa shape index (κ1) is 15.5. The van der Waals surface area contributed by atoms with Crippen LogP contribution >= 0.6 is 0 Å². The zero-order valence-corrected chi connectivity index (χ0v) is 13.2. The van der Waals surface area contributed by atoms with Gasteiger partial charge in [-0.25, -0.2) is 0 Å². The van der Waals surface area contributed by atoms with Gasteiger partial charge in [-0.05, 0) is 35.4 Å². The molecule has 3 nitrogen and oxygen atoms in total. The van der Waals surface area contributed by atoms with Gasteiger partial charge in [0, 0.05) is 0 Å². The van der Waals surface area contributed by atoms with Crippen molar-refractivity contribution in [3.63, 3.8) is 0 Å². The average molecular weight is 311 g/mol. The molecule has 0 aliphatic carbocycles. The fraction of sp³-hybridized carbons (Fsp3) is 0.0476. The summed E-state index contributed by atoms with van der Waals surface area (Å²) < 4.78 is 0. The molecule has 3 rings (SSSR count). The van der Waals surface area contributed by atoms with Crippen molar-refractivity contribution >= 4 is 11.9 Å². The summed E-state index contributed by atoms with van der Waals surface area (Å²) in [6, 6.07) is 29.8. The largest absolute Gasteiger partial charge is 0.261 e. The number of anilines is 1. The van der Waals surface area contributed by atoms with Crippen molar-refractivity contribution in [1.82, 2.24) is 0 Å². The second kappa shape index (κ2) is 7.75. The van der Waals surface area contributed by atoms with Crippen LogP contribution in [0.1, 0.15) is 16.7 Å². The molecule has 0 heterocycles. The van der Waals surface area contributed by atoms with E-state index in [9.17, 15) is 0 Å². The van der Waals surface area contributed by atoms with Crippen molar-refractivity contribution in [1.29, 1.82) is 5.26 Å². The summed E-state index contributed by atoms with van der Waals surface area (Å²) in [7, 11) is 0. The van der Waals surface area contributed by atoms with E-state index in [0.717, 1.165) is 11.3 Å². The van der Waals surface area contributed by atoms with Gasteiger partial charge in [0.25, 0.3) is 0 Å². The van der Waals surface area contributed by atoms with Crippen LogP contribution < -0.4 is 5.01 Å². The normalized spacial score (nSPS) is 10.5. The van der Waals surface area contributed by atoms with E-state index in [1.807, 2.05) is 71.9 Å². The Labute approximate surface area is 142 Å². The van der Waals surface area contributed by atoms with Crippen molar-refractivity contribution in [3.05, 3.63) is 102 Å². The molecule has 0 amide bonds. The van der Waals surface area contributed by atoms with Crippen LogP contribution in [0.4, 0.5) is 5.69 Å². The van der Waals surface area contributed by atoms with Crippen molar-refractivity contribution in [2.24, 2.45) is 5.10 Å². The molecule has 0 bridgehead atoms. The smallest absolute Gasteiger partial charge is 0.0991 e. The van der Waals surface area contributed by atoms with Crippen LogP contribution in [0.25, 0.3) is 0 Å². The summed E-state index contributed by atoms with van der Waals surface area (Å²) in [5.74, 6) is 0. The van der Waals surface area contributed by atoms with Crippen molar-refractivity contribution in [2.45, 2.75) is 6.54 Å². The first-order valence-corrected chi connectivity index (χ1v) is 7.76. The number of nitrogens with zero attached hydrogens (tertiary/aromatic N) is 3. The van der Waals surface area contributed by atoms with Crippen LogP contribution in [-0.2, 0) is 6.54 Å². The highest BCUT2D eigenvalue weighted by molar-refractivity contribution is 5.80. The van der Waals surface area contributed by atoms with Gasteiger partial charge in [0.2, 0.25) is 0 Å². The van der Waals surface area contributed by atoms with Gasteiger partial charge in [0.15, 0.2) is 0 Å². The maximum atomic E-state index is 8.87. The molecule has 3 aromatic carbocycles. The quantitative estimate of drug-likeness (QED) is 0.510. The zero-order valence-electron chi connectivity index (χ0n) is 13.2. The fourth-order valence-corrected chi connectivity index (χ4v) is 2.34. The first-order valence-electron chi connectivity index (χ1n) is 7.76. The molecule has 0 N–H and O–H groups in total. The van der Waals surface area contributed by atoms with Gasteiger partial charge in [-0.15, -0.1) is 0 Å². The molecule has 0 aliphatic rings. The third-order valence-corrected chi connectivity index (χ3v) is 3.62. The van der Waals surface area contributed by atoms with Crippen molar-refractivity contribution < 1.29 is 0 Å². The van der Waals surface area contributed by atoms with E-state index < -0.39 is 0 Å². The van der Waals surface area contributed by atoms with Gasteiger partial charge < -0.3 is 0 Å². The monoisotopic (exact) mass is 311 g/mol. The van der Waals surface area contributed by atoms with E-state index in [1.54, 1.807) is 12.1 Å². The fourth-order valence-electron chi connectivity index (χ4n) is 2.34. The number of para-hydroxylation sites is 1. The Morgan fingerprint density at radius 1 is 0.833 bits per heavy atom. The Bertz CT molecular complexity index is 832. The molecule has 0 unspecified atom stereocenters. The molecule has 3 aromatic rings. The molecule has 0 atom stereocenters. The van der Waals surface area contributed by atoms with Crippen LogP contribution in [-0.4, -0.2) is 6.21 Å². The van der Waals surface area contributed by atoms with E-state index in [1.165, 1.54) is 5.56 Å². The molecule has 0 saturated carbocycles.